The van der Waals surface area contributed by atoms with Crippen LogP contribution in [-0.4, -0.2) is 31.8 Å². The number of aromatic amines is 1. The Morgan fingerprint density at radius 3 is 2.65 bits per heavy atom. The number of rotatable bonds is 3. The zero-order chi connectivity index (χ0) is 14.1. The molecule has 0 saturated carbocycles. The fourth-order valence-corrected chi connectivity index (χ4v) is 4.24. The summed E-state index contributed by atoms with van der Waals surface area (Å²) in [5.41, 5.74) is 2.64. The lowest BCUT2D eigenvalue weighted by molar-refractivity contribution is 0.333. The van der Waals surface area contributed by atoms with Crippen molar-refractivity contribution >= 4 is 21.9 Å². The molecule has 0 bridgehead atoms. The Bertz CT molecular complexity index is 612. The summed E-state index contributed by atoms with van der Waals surface area (Å²) < 4.78 is 14.3. The lowest BCUT2D eigenvalue weighted by Crippen LogP contribution is -2.37. The SMILES string of the molecule is CC(C)S(=O)N1CCC(c2c[nH]c3ccccc23)CC1. The van der Waals surface area contributed by atoms with Gasteiger partial charge in [-0.2, -0.15) is 0 Å². The molecule has 2 heterocycles. The second-order valence-electron chi connectivity index (χ2n) is 5.82. The average molecular weight is 290 g/mol. The van der Waals surface area contributed by atoms with Gasteiger partial charge in [0.05, 0.1) is 11.0 Å². The van der Waals surface area contributed by atoms with Gasteiger partial charge in [0.1, 0.15) is 0 Å². The van der Waals surface area contributed by atoms with Crippen LogP contribution >= 0.6 is 0 Å². The minimum absolute atomic E-state index is 0.222. The molecule has 0 spiro atoms. The van der Waals surface area contributed by atoms with Gasteiger partial charge in [-0.1, -0.05) is 18.2 Å². The first-order valence-corrected chi connectivity index (χ1v) is 8.55. The molecule has 0 aliphatic carbocycles. The standard InChI is InChI=1S/C16H22N2OS/c1-12(2)20(19)18-9-7-13(8-10-18)15-11-17-16-6-4-3-5-14(15)16/h3-6,11-13,17H,7-10H2,1-2H3. The van der Waals surface area contributed by atoms with E-state index in [1.807, 2.05) is 13.8 Å². The minimum Gasteiger partial charge on any atom is -0.361 e. The van der Waals surface area contributed by atoms with Gasteiger partial charge in [-0.25, -0.2) is 8.51 Å². The van der Waals surface area contributed by atoms with Crippen molar-refractivity contribution < 1.29 is 4.21 Å². The molecule has 1 N–H and O–H groups in total. The number of hydrogen-bond acceptors (Lipinski definition) is 1. The number of hydrogen-bond donors (Lipinski definition) is 1. The van der Waals surface area contributed by atoms with Crippen molar-refractivity contribution in [2.24, 2.45) is 0 Å². The topological polar surface area (TPSA) is 36.1 Å². The maximum absolute atomic E-state index is 12.1. The highest BCUT2D eigenvalue weighted by atomic mass is 32.2. The van der Waals surface area contributed by atoms with Crippen LogP contribution in [0.15, 0.2) is 30.5 Å². The van der Waals surface area contributed by atoms with Crippen molar-refractivity contribution in [3.63, 3.8) is 0 Å². The first-order chi connectivity index (χ1) is 9.66. The van der Waals surface area contributed by atoms with Gasteiger partial charge in [-0.3, -0.25) is 0 Å². The summed E-state index contributed by atoms with van der Waals surface area (Å²) in [4.78, 5) is 3.36. The summed E-state index contributed by atoms with van der Waals surface area (Å²) in [5.74, 6) is 0.589. The van der Waals surface area contributed by atoms with Gasteiger partial charge in [0.2, 0.25) is 0 Å². The molecule has 108 valence electrons. The van der Waals surface area contributed by atoms with Crippen LogP contribution in [0, 0.1) is 0 Å². The zero-order valence-electron chi connectivity index (χ0n) is 12.1. The molecule has 1 aliphatic rings. The highest BCUT2D eigenvalue weighted by Crippen LogP contribution is 2.33. The molecule has 3 nitrogen and oxygen atoms in total. The summed E-state index contributed by atoms with van der Waals surface area (Å²) in [6, 6.07) is 8.49. The molecule has 20 heavy (non-hydrogen) atoms. The van der Waals surface area contributed by atoms with Crippen LogP contribution in [0.25, 0.3) is 10.9 Å². The maximum Gasteiger partial charge on any atom is 0.0968 e. The van der Waals surface area contributed by atoms with E-state index in [9.17, 15) is 4.21 Å². The number of fused-ring (bicyclic) bond motifs is 1. The number of nitrogens with zero attached hydrogens (tertiary/aromatic N) is 1. The number of piperidine rings is 1. The normalized spacial score (nSPS) is 19.8. The largest absolute Gasteiger partial charge is 0.361 e. The predicted molar refractivity (Wildman–Crippen MR) is 85.1 cm³/mol. The highest BCUT2D eigenvalue weighted by Gasteiger charge is 2.26. The molecule has 1 fully saturated rings. The molecule has 1 atom stereocenters. The quantitative estimate of drug-likeness (QED) is 0.924. The smallest absolute Gasteiger partial charge is 0.0968 e. The molecular formula is C16H22N2OS. The molecule has 1 saturated heterocycles. The van der Waals surface area contributed by atoms with Crippen LogP contribution in [0.5, 0.6) is 0 Å². The van der Waals surface area contributed by atoms with E-state index in [1.54, 1.807) is 0 Å². The van der Waals surface area contributed by atoms with Crippen LogP contribution in [0.2, 0.25) is 0 Å². The Hall–Kier alpha value is -1.13. The Morgan fingerprint density at radius 1 is 1.25 bits per heavy atom. The summed E-state index contributed by atoms with van der Waals surface area (Å²) in [6.45, 7) is 5.94. The van der Waals surface area contributed by atoms with Crippen molar-refractivity contribution in [1.29, 1.82) is 0 Å². The Morgan fingerprint density at radius 2 is 1.95 bits per heavy atom. The number of aromatic nitrogens is 1. The summed E-state index contributed by atoms with van der Waals surface area (Å²) in [6.07, 6.45) is 4.35. The predicted octanol–water partition coefficient (Wildman–Crippen LogP) is 3.42. The molecule has 1 aliphatic heterocycles. The van der Waals surface area contributed by atoms with Crippen LogP contribution in [-0.2, 0) is 11.0 Å². The third-order valence-corrected chi connectivity index (χ3v) is 5.85. The number of nitrogens with one attached hydrogen (secondary N) is 1. The van der Waals surface area contributed by atoms with Gasteiger partial charge in [0.25, 0.3) is 0 Å². The highest BCUT2D eigenvalue weighted by molar-refractivity contribution is 7.83. The van der Waals surface area contributed by atoms with E-state index in [0.29, 0.717) is 5.92 Å². The van der Waals surface area contributed by atoms with Crippen LogP contribution in [0.3, 0.4) is 0 Å². The molecule has 3 rings (SSSR count). The van der Waals surface area contributed by atoms with Crippen molar-refractivity contribution in [2.45, 2.75) is 37.9 Å². The summed E-state index contributed by atoms with van der Waals surface area (Å²) in [7, 11) is -0.822. The van der Waals surface area contributed by atoms with Gasteiger partial charge in [0.15, 0.2) is 0 Å². The first-order valence-electron chi connectivity index (χ1n) is 7.38. The Labute approximate surface area is 123 Å². The first kappa shape index (κ1) is 13.8. The van der Waals surface area contributed by atoms with Crippen molar-refractivity contribution in [1.82, 2.24) is 9.29 Å². The minimum atomic E-state index is -0.822. The second-order valence-corrected chi connectivity index (χ2v) is 7.83. The van der Waals surface area contributed by atoms with E-state index in [-0.39, 0.29) is 5.25 Å². The Kier molecular flexibility index (Phi) is 3.94. The molecule has 0 amide bonds. The third-order valence-electron chi connectivity index (χ3n) is 4.17. The fourth-order valence-electron chi connectivity index (χ4n) is 3.08. The van der Waals surface area contributed by atoms with Gasteiger partial charge in [0, 0.05) is 35.4 Å². The fraction of sp³-hybridized carbons (Fsp3) is 0.500. The van der Waals surface area contributed by atoms with Gasteiger partial charge >= 0.3 is 0 Å². The lowest BCUT2D eigenvalue weighted by Gasteiger charge is -2.31. The number of para-hydroxylation sites is 1. The summed E-state index contributed by atoms with van der Waals surface area (Å²) in [5, 5.41) is 1.57. The molecule has 2 aromatic rings. The molecule has 1 aromatic carbocycles. The molecule has 1 unspecified atom stereocenters. The van der Waals surface area contributed by atoms with Gasteiger partial charge < -0.3 is 4.98 Å². The van der Waals surface area contributed by atoms with Gasteiger partial charge in [-0.15, -0.1) is 0 Å². The molecule has 4 heteroatoms. The van der Waals surface area contributed by atoms with E-state index in [2.05, 4.69) is 39.8 Å². The monoisotopic (exact) mass is 290 g/mol. The van der Waals surface area contributed by atoms with Crippen molar-refractivity contribution in [3.8, 4) is 0 Å². The van der Waals surface area contributed by atoms with Crippen molar-refractivity contribution in [2.75, 3.05) is 13.1 Å². The van der Waals surface area contributed by atoms with E-state index in [0.717, 1.165) is 25.9 Å². The zero-order valence-corrected chi connectivity index (χ0v) is 13.0. The van der Waals surface area contributed by atoms with Crippen LogP contribution < -0.4 is 0 Å². The van der Waals surface area contributed by atoms with Crippen molar-refractivity contribution in [3.05, 3.63) is 36.0 Å². The van der Waals surface area contributed by atoms with E-state index in [1.165, 1.54) is 16.5 Å². The third kappa shape index (κ3) is 2.54. The molecule has 0 radical (unpaired) electrons. The number of H-pyrrole nitrogens is 1. The number of benzene rings is 1. The molecule has 1 aromatic heterocycles. The maximum atomic E-state index is 12.1. The van der Waals surface area contributed by atoms with Crippen LogP contribution in [0.1, 0.15) is 38.2 Å². The van der Waals surface area contributed by atoms with Crippen LogP contribution in [0.4, 0.5) is 0 Å². The van der Waals surface area contributed by atoms with E-state index < -0.39 is 11.0 Å². The Balaban J connectivity index is 1.74. The molecular weight excluding hydrogens is 268 g/mol. The van der Waals surface area contributed by atoms with E-state index >= 15 is 0 Å². The average Bonchev–Trinajstić information content (AvgIpc) is 2.90. The summed E-state index contributed by atoms with van der Waals surface area (Å²) >= 11 is 0. The second kappa shape index (κ2) is 5.70. The van der Waals surface area contributed by atoms with Gasteiger partial charge in [-0.05, 0) is 44.2 Å². The van der Waals surface area contributed by atoms with E-state index in [4.69, 9.17) is 0 Å². The lowest BCUT2D eigenvalue weighted by atomic mass is 9.90.